The van der Waals surface area contributed by atoms with Gasteiger partial charge in [0.1, 0.15) is 0 Å². The zero-order valence-corrected chi connectivity index (χ0v) is 12.4. The van der Waals surface area contributed by atoms with Crippen LogP contribution in [0.2, 0.25) is 0 Å². The highest BCUT2D eigenvalue weighted by molar-refractivity contribution is 5.40. The van der Waals surface area contributed by atoms with E-state index in [1.807, 2.05) is 0 Å². The van der Waals surface area contributed by atoms with Crippen LogP contribution in [0.5, 0.6) is 0 Å². The summed E-state index contributed by atoms with van der Waals surface area (Å²) in [6, 6.07) is 0. The third-order valence-corrected chi connectivity index (χ3v) is 3.91. The van der Waals surface area contributed by atoms with E-state index in [4.69, 9.17) is 0 Å². The van der Waals surface area contributed by atoms with Gasteiger partial charge < -0.3 is 0 Å². The van der Waals surface area contributed by atoms with E-state index in [1.165, 1.54) is 48.2 Å². The van der Waals surface area contributed by atoms with E-state index in [9.17, 15) is 0 Å². The maximum atomic E-state index is 4.64. The van der Waals surface area contributed by atoms with Gasteiger partial charge in [0.15, 0.2) is 0 Å². The first-order chi connectivity index (χ1) is 8.02. The minimum atomic E-state index is 0.727. The van der Waals surface area contributed by atoms with Crippen molar-refractivity contribution in [2.45, 2.75) is 73.1 Å². The minimum Gasteiger partial charge on any atom is -0.258 e. The second-order valence-corrected chi connectivity index (χ2v) is 5.22. The smallest absolute Gasteiger partial charge is 0.0408 e. The topological polar surface area (TPSA) is 12.9 Å². The van der Waals surface area contributed by atoms with Crippen molar-refractivity contribution in [2.75, 3.05) is 0 Å². The van der Waals surface area contributed by atoms with Crippen molar-refractivity contribution in [3.63, 3.8) is 0 Å². The molecule has 0 aliphatic rings. The Balaban J connectivity index is 3.25. The molecule has 1 heteroatoms. The molecule has 0 spiro atoms. The number of rotatable bonds is 5. The van der Waals surface area contributed by atoms with Crippen molar-refractivity contribution in [1.82, 2.24) is 4.98 Å². The van der Waals surface area contributed by atoms with Crippen LogP contribution in [0.4, 0.5) is 0 Å². The fraction of sp³-hybridized carbons (Fsp3) is 0.688. The lowest BCUT2D eigenvalue weighted by Gasteiger charge is -2.23. The van der Waals surface area contributed by atoms with E-state index >= 15 is 0 Å². The van der Waals surface area contributed by atoms with Gasteiger partial charge in [-0.3, -0.25) is 4.98 Å². The number of aryl methyl sites for hydroxylation is 2. The Hall–Kier alpha value is -0.850. The summed E-state index contributed by atoms with van der Waals surface area (Å²) in [4.78, 5) is 4.64. The van der Waals surface area contributed by atoms with E-state index in [0.29, 0.717) is 0 Å². The van der Waals surface area contributed by atoms with Gasteiger partial charge in [0.2, 0.25) is 0 Å². The minimum absolute atomic E-state index is 0.727. The van der Waals surface area contributed by atoms with E-state index in [2.05, 4.69) is 46.5 Å². The van der Waals surface area contributed by atoms with Crippen molar-refractivity contribution < 1.29 is 0 Å². The van der Waals surface area contributed by atoms with Gasteiger partial charge in [-0.1, -0.05) is 26.7 Å². The van der Waals surface area contributed by atoms with Gasteiger partial charge in [-0.15, -0.1) is 0 Å². The lowest BCUT2D eigenvalue weighted by atomic mass is 9.84. The maximum absolute atomic E-state index is 4.64. The van der Waals surface area contributed by atoms with Crippen molar-refractivity contribution in [3.05, 3.63) is 28.1 Å². The molecule has 1 nitrogen and oxygen atoms in total. The lowest BCUT2D eigenvalue weighted by Crippen LogP contribution is -2.08. The second-order valence-electron chi connectivity index (χ2n) is 5.22. The van der Waals surface area contributed by atoms with Gasteiger partial charge in [-0.2, -0.15) is 0 Å². The highest BCUT2D eigenvalue weighted by Gasteiger charge is 2.18. The van der Waals surface area contributed by atoms with Gasteiger partial charge in [0.05, 0.1) is 0 Å². The average Bonchev–Trinajstić information content (AvgIpc) is 2.27. The molecule has 0 amide bonds. The third kappa shape index (κ3) is 3.08. The monoisotopic (exact) mass is 233 g/mol. The molecule has 96 valence electrons. The molecule has 0 aromatic carbocycles. The zero-order valence-electron chi connectivity index (χ0n) is 12.4. The first kappa shape index (κ1) is 14.2. The second kappa shape index (κ2) is 6.18. The number of nitrogens with zero attached hydrogens (tertiary/aromatic N) is 1. The van der Waals surface area contributed by atoms with Crippen LogP contribution in [-0.4, -0.2) is 4.98 Å². The summed E-state index contributed by atoms with van der Waals surface area (Å²) >= 11 is 0. The molecule has 0 saturated carbocycles. The van der Waals surface area contributed by atoms with Gasteiger partial charge in [-0.25, -0.2) is 0 Å². The number of pyridine rings is 1. The van der Waals surface area contributed by atoms with Crippen molar-refractivity contribution in [3.8, 4) is 0 Å². The molecule has 17 heavy (non-hydrogen) atoms. The molecule has 1 aromatic heterocycles. The van der Waals surface area contributed by atoms with E-state index < -0.39 is 0 Å². The summed E-state index contributed by atoms with van der Waals surface area (Å²) in [5.41, 5.74) is 6.83. The molecular formula is C16H27N. The Morgan fingerprint density at radius 1 is 0.824 bits per heavy atom. The van der Waals surface area contributed by atoms with Gasteiger partial charge >= 0.3 is 0 Å². The predicted molar refractivity (Wildman–Crippen MR) is 75.7 cm³/mol. The Bertz CT molecular complexity index is 347. The summed E-state index contributed by atoms with van der Waals surface area (Å²) < 4.78 is 0. The standard InChI is InChI=1S/C16H27N/c1-7-9-15(10-8-2)16-11(3)13(5)17-14(6)12(16)4/h15H,7-10H2,1-6H3. The van der Waals surface area contributed by atoms with Crippen LogP contribution < -0.4 is 0 Å². The molecular weight excluding hydrogens is 206 g/mol. The molecule has 0 aliphatic heterocycles. The van der Waals surface area contributed by atoms with Gasteiger partial charge in [-0.05, 0) is 63.1 Å². The maximum Gasteiger partial charge on any atom is 0.0408 e. The zero-order chi connectivity index (χ0) is 13.0. The summed E-state index contributed by atoms with van der Waals surface area (Å²) in [7, 11) is 0. The summed E-state index contributed by atoms with van der Waals surface area (Å²) in [5.74, 6) is 0.727. The molecule has 0 N–H and O–H groups in total. The molecule has 1 aromatic rings. The van der Waals surface area contributed by atoms with Crippen molar-refractivity contribution in [1.29, 1.82) is 0 Å². The molecule has 0 radical (unpaired) electrons. The van der Waals surface area contributed by atoms with E-state index in [1.54, 1.807) is 5.56 Å². The van der Waals surface area contributed by atoms with Crippen LogP contribution in [0.25, 0.3) is 0 Å². The summed E-state index contributed by atoms with van der Waals surface area (Å²) in [6.07, 6.45) is 5.14. The number of hydrogen-bond acceptors (Lipinski definition) is 1. The van der Waals surface area contributed by atoms with Crippen LogP contribution >= 0.6 is 0 Å². The molecule has 0 atom stereocenters. The van der Waals surface area contributed by atoms with Crippen molar-refractivity contribution in [2.24, 2.45) is 0 Å². The molecule has 0 unspecified atom stereocenters. The molecule has 0 aliphatic carbocycles. The molecule has 1 rings (SSSR count). The van der Waals surface area contributed by atoms with Crippen LogP contribution in [0.3, 0.4) is 0 Å². The van der Waals surface area contributed by atoms with Crippen LogP contribution in [-0.2, 0) is 0 Å². The first-order valence-electron chi connectivity index (χ1n) is 6.97. The fourth-order valence-corrected chi connectivity index (χ4v) is 2.83. The Morgan fingerprint density at radius 2 is 1.24 bits per heavy atom. The quantitative estimate of drug-likeness (QED) is 0.697. The Labute approximate surface area is 107 Å². The molecule has 0 saturated heterocycles. The van der Waals surface area contributed by atoms with Crippen LogP contribution in [0.15, 0.2) is 0 Å². The van der Waals surface area contributed by atoms with Gasteiger partial charge in [0, 0.05) is 11.4 Å². The van der Waals surface area contributed by atoms with Gasteiger partial charge in [0.25, 0.3) is 0 Å². The largest absolute Gasteiger partial charge is 0.258 e. The number of aromatic nitrogens is 1. The van der Waals surface area contributed by atoms with Crippen molar-refractivity contribution >= 4 is 0 Å². The molecule has 1 heterocycles. The highest BCUT2D eigenvalue weighted by atomic mass is 14.7. The first-order valence-corrected chi connectivity index (χ1v) is 6.97. The van der Waals surface area contributed by atoms with E-state index in [-0.39, 0.29) is 0 Å². The summed E-state index contributed by atoms with van der Waals surface area (Å²) in [6.45, 7) is 13.3. The lowest BCUT2D eigenvalue weighted by molar-refractivity contribution is 0.554. The third-order valence-electron chi connectivity index (χ3n) is 3.91. The highest BCUT2D eigenvalue weighted by Crippen LogP contribution is 2.33. The summed E-state index contributed by atoms with van der Waals surface area (Å²) in [5, 5.41) is 0. The predicted octanol–water partition coefficient (Wildman–Crippen LogP) is 5.00. The van der Waals surface area contributed by atoms with E-state index in [0.717, 1.165) is 5.92 Å². The normalized spacial score (nSPS) is 11.2. The fourth-order valence-electron chi connectivity index (χ4n) is 2.83. The van der Waals surface area contributed by atoms with Crippen LogP contribution in [0.1, 0.15) is 73.5 Å². The molecule has 0 fully saturated rings. The molecule has 0 bridgehead atoms. The average molecular weight is 233 g/mol. The number of hydrogen-bond donors (Lipinski definition) is 0. The Morgan fingerprint density at radius 3 is 1.59 bits per heavy atom. The van der Waals surface area contributed by atoms with Crippen LogP contribution in [0, 0.1) is 27.7 Å². The SMILES string of the molecule is CCCC(CCC)c1c(C)c(C)nc(C)c1C. The Kier molecular flexibility index (Phi) is 5.17.